The van der Waals surface area contributed by atoms with Gasteiger partial charge in [-0.1, -0.05) is 43.3 Å². The van der Waals surface area contributed by atoms with Crippen molar-refractivity contribution in [2.24, 2.45) is 0 Å². The maximum absolute atomic E-state index is 9.72. The van der Waals surface area contributed by atoms with Gasteiger partial charge in [-0.25, -0.2) is 4.18 Å². The Morgan fingerprint density at radius 1 is 1.07 bits per heavy atom. The molecule has 0 heterocycles. The minimum absolute atomic E-state index is 0.0405. The molecule has 0 aliphatic rings. The van der Waals surface area contributed by atoms with E-state index in [0.717, 1.165) is 0 Å². The molecular weight excluding hydrogens is 204 g/mol. The average molecular weight is 218 g/mol. The molecule has 0 aromatic heterocycles. The summed E-state index contributed by atoms with van der Waals surface area (Å²) in [5.74, 6) is 0. The van der Waals surface area contributed by atoms with E-state index in [0.29, 0.717) is 6.42 Å². The normalized spacial score (nSPS) is 10.1. The smallest absolute Gasteiger partial charge is 0.264 e. The zero-order valence-electron chi connectivity index (χ0n) is 7.96. The summed E-state index contributed by atoms with van der Waals surface area (Å²) in [6.45, 7) is 1.78. The summed E-state index contributed by atoms with van der Waals surface area (Å²) < 4.78 is 31.3. The molecule has 0 radical (unpaired) electrons. The van der Waals surface area contributed by atoms with Gasteiger partial charge in [0, 0.05) is 0 Å². The van der Waals surface area contributed by atoms with Gasteiger partial charge in [-0.05, 0) is 6.42 Å². The van der Waals surface area contributed by atoms with E-state index in [2.05, 4.69) is 4.18 Å². The molecule has 14 heavy (non-hydrogen) atoms. The van der Waals surface area contributed by atoms with Crippen LogP contribution < -0.4 is 0 Å². The number of hydrogen-bond acceptors (Lipinski definition) is 3. The Balaban J connectivity index is 0.000000249. The van der Waals surface area contributed by atoms with Gasteiger partial charge in [0.15, 0.2) is 0 Å². The summed E-state index contributed by atoms with van der Waals surface area (Å²) in [7, 11) is -4.19. The highest BCUT2D eigenvalue weighted by Crippen LogP contribution is 1.86. The van der Waals surface area contributed by atoms with E-state index in [-0.39, 0.29) is 6.61 Å². The standard InChI is InChI=1S/C6H6.C3H8O4S/c1-2-4-6-5-3-1;1-2-3-7-8(4,5)6/h1-6H;2-3H2,1H3,(H,4,5,6). The van der Waals surface area contributed by atoms with Crippen molar-refractivity contribution in [3.05, 3.63) is 36.4 Å². The number of rotatable bonds is 3. The van der Waals surface area contributed by atoms with Crippen molar-refractivity contribution < 1.29 is 17.2 Å². The van der Waals surface area contributed by atoms with Gasteiger partial charge in [0.25, 0.3) is 0 Å². The number of hydrogen-bond donors (Lipinski definition) is 1. The van der Waals surface area contributed by atoms with Gasteiger partial charge in [-0.2, -0.15) is 8.42 Å². The minimum atomic E-state index is -4.19. The highest BCUT2D eigenvalue weighted by atomic mass is 32.3. The SMILES string of the molecule is CCCOS(=O)(=O)O.c1ccccc1. The first-order valence-electron chi connectivity index (χ1n) is 4.18. The van der Waals surface area contributed by atoms with E-state index < -0.39 is 10.4 Å². The van der Waals surface area contributed by atoms with Crippen molar-refractivity contribution >= 4 is 10.4 Å². The summed E-state index contributed by atoms with van der Waals surface area (Å²) in [6.07, 6.45) is 0.569. The van der Waals surface area contributed by atoms with Gasteiger partial charge in [0.1, 0.15) is 0 Å². The molecule has 0 unspecified atom stereocenters. The molecule has 1 aromatic rings. The van der Waals surface area contributed by atoms with Crippen molar-refractivity contribution in [1.82, 2.24) is 0 Å². The van der Waals surface area contributed by atoms with E-state index in [4.69, 9.17) is 4.55 Å². The first kappa shape index (κ1) is 13.1. The van der Waals surface area contributed by atoms with Crippen molar-refractivity contribution in [2.45, 2.75) is 13.3 Å². The molecule has 0 fully saturated rings. The number of benzene rings is 1. The Bertz CT molecular complexity index is 280. The summed E-state index contributed by atoms with van der Waals surface area (Å²) in [5, 5.41) is 0. The highest BCUT2D eigenvalue weighted by molar-refractivity contribution is 7.80. The molecule has 0 bridgehead atoms. The third kappa shape index (κ3) is 11.1. The van der Waals surface area contributed by atoms with Gasteiger partial charge in [-0.15, -0.1) is 0 Å². The minimum Gasteiger partial charge on any atom is -0.264 e. The Morgan fingerprint density at radius 2 is 1.43 bits per heavy atom. The lowest BCUT2D eigenvalue weighted by molar-refractivity contribution is 0.269. The summed E-state index contributed by atoms with van der Waals surface area (Å²) in [5.41, 5.74) is 0. The third-order valence-electron chi connectivity index (χ3n) is 1.10. The fourth-order valence-corrected chi connectivity index (χ4v) is 0.951. The van der Waals surface area contributed by atoms with E-state index in [1.165, 1.54) is 0 Å². The molecule has 5 heteroatoms. The van der Waals surface area contributed by atoms with Crippen LogP contribution in [0.5, 0.6) is 0 Å². The van der Waals surface area contributed by atoms with Gasteiger partial charge < -0.3 is 0 Å². The highest BCUT2D eigenvalue weighted by Gasteiger charge is 1.99. The van der Waals surface area contributed by atoms with Gasteiger partial charge in [0.05, 0.1) is 6.61 Å². The van der Waals surface area contributed by atoms with Crippen LogP contribution in [0, 0.1) is 0 Å². The zero-order chi connectivity index (χ0) is 10.9. The van der Waals surface area contributed by atoms with E-state index in [1.807, 2.05) is 36.4 Å². The van der Waals surface area contributed by atoms with Crippen LogP contribution >= 0.6 is 0 Å². The molecule has 0 saturated heterocycles. The predicted molar refractivity (Wildman–Crippen MR) is 54.2 cm³/mol. The average Bonchev–Trinajstić information content (AvgIpc) is 2.17. The Morgan fingerprint density at radius 3 is 1.57 bits per heavy atom. The fourth-order valence-electron chi connectivity index (χ4n) is 0.574. The van der Waals surface area contributed by atoms with Crippen LogP contribution in [0.15, 0.2) is 36.4 Å². The van der Waals surface area contributed by atoms with Crippen LogP contribution in [-0.4, -0.2) is 19.6 Å². The Kier molecular flexibility index (Phi) is 7.00. The zero-order valence-corrected chi connectivity index (χ0v) is 8.78. The first-order valence-corrected chi connectivity index (χ1v) is 5.54. The second-order valence-corrected chi connectivity index (χ2v) is 3.50. The third-order valence-corrected chi connectivity index (χ3v) is 1.57. The molecule has 1 N–H and O–H groups in total. The second-order valence-electron chi connectivity index (χ2n) is 2.40. The van der Waals surface area contributed by atoms with Crippen LogP contribution in [-0.2, 0) is 14.6 Å². The molecular formula is C9H14O4S. The lowest BCUT2D eigenvalue weighted by Gasteiger charge is -1.92. The van der Waals surface area contributed by atoms with Crippen LogP contribution in [0.2, 0.25) is 0 Å². The molecule has 4 nitrogen and oxygen atoms in total. The van der Waals surface area contributed by atoms with Crippen LogP contribution in [0.1, 0.15) is 13.3 Å². The molecule has 0 aliphatic heterocycles. The molecule has 0 atom stereocenters. The Labute approximate surface area is 84.5 Å². The van der Waals surface area contributed by atoms with Crippen molar-refractivity contribution in [2.75, 3.05) is 6.61 Å². The topological polar surface area (TPSA) is 63.6 Å². The lowest BCUT2D eigenvalue weighted by Crippen LogP contribution is -2.03. The largest absolute Gasteiger partial charge is 0.397 e. The molecule has 1 aromatic carbocycles. The fraction of sp³-hybridized carbons (Fsp3) is 0.333. The second kappa shape index (κ2) is 7.49. The van der Waals surface area contributed by atoms with E-state index >= 15 is 0 Å². The predicted octanol–water partition coefficient (Wildman–Crippen LogP) is 1.90. The van der Waals surface area contributed by atoms with Crippen molar-refractivity contribution in [3.8, 4) is 0 Å². The van der Waals surface area contributed by atoms with Crippen molar-refractivity contribution in [1.29, 1.82) is 0 Å². The molecule has 0 spiro atoms. The molecule has 1 rings (SSSR count). The Hall–Kier alpha value is -0.910. The summed E-state index contributed by atoms with van der Waals surface area (Å²) in [6, 6.07) is 12.0. The van der Waals surface area contributed by atoms with Crippen LogP contribution in [0.3, 0.4) is 0 Å². The van der Waals surface area contributed by atoms with Gasteiger partial charge in [0.2, 0.25) is 0 Å². The summed E-state index contributed by atoms with van der Waals surface area (Å²) >= 11 is 0. The first-order chi connectivity index (χ1) is 6.56. The molecule has 0 aliphatic carbocycles. The van der Waals surface area contributed by atoms with Gasteiger partial charge in [-0.3, -0.25) is 4.55 Å². The molecule has 0 amide bonds. The molecule has 80 valence electrons. The summed E-state index contributed by atoms with van der Waals surface area (Å²) in [4.78, 5) is 0. The van der Waals surface area contributed by atoms with Crippen LogP contribution in [0.4, 0.5) is 0 Å². The van der Waals surface area contributed by atoms with Gasteiger partial charge >= 0.3 is 10.4 Å². The van der Waals surface area contributed by atoms with E-state index in [1.54, 1.807) is 6.92 Å². The molecule has 0 saturated carbocycles. The maximum Gasteiger partial charge on any atom is 0.397 e. The van der Waals surface area contributed by atoms with Crippen molar-refractivity contribution in [3.63, 3.8) is 0 Å². The van der Waals surface area contributed by atoms with Crippen LogP contribution in [0.25, 0.3) is 0 Å². The quantitative estimate of drug-likeness (QED) is 0.787. The lowest BCUT2D eigenvalue weighted by atomic mass is 10.4. The maximum atomic E-state index is 9.72. The van der Waals surface area contributed by atoms with E-state index in [9.17, 15) is 8.42 Å². The monoisotopic (exact) mass is 218 g/mol.